The highest BCUT2D eigenvalue weighted by molar-refractivity contribution is 5.79. The fraction of sp³-hybridized carbons (Fsp3) is 0.846. The summed E-state index contributed by atoms with van der Waals surface area (Å²) >= 11 is 0. The van der Waals surface area contributed by atoms with Crippen molar-refractivity contribution in [3.05, 3.63) is 0 Å². The molecule has 1 aliphatic rings. The number of amides is 1. The molecule has 0 aromatic heterocycles. The first-order valence-corrected chi connectivity index (χ1v) is 6.47. The zero-order valence-electron chi connectivity index (χ0n) is 11.1. The molecule has 96 valence electrons. The number of hydrogen-bond donors (Lipinski definition) is 1. The molecular weight excluding hydrogens is 214 g/mol. The molecule has 0 aromatic carbocycles. The Hall–Kier alpha value is -1.08. The van der Waals surface area contributed by atoms with Gasteiger partial charge in [0.1, 0.15) is 0 Å². The quantitative estimate of drug-likeness (QED) is 0.806. The molecule has 0 spiro atoms. The number of carbonyl (C=O) groups is 1. The fourth-order valence-electron chi connectivity index (χ4n) is 2.38. The van der Waals surface area contributed by atoms with E-state index in [1.165, 1.54) is 0 Å². The van der Waals surface area contributed by atoms with E-state index >= 15 is 0 Å². The molecule has 0 radical (unpaired) electrons. The molecule has 0 aliphatic carbocycles. The summed E-state index contributed by atoms with van der Waals surface area (Å²) in [6, 6.07) is 2.71. The number of piperidine rings is 1. The number of rotatable bonds is 4. The van der Waals surface area contributed by atoms with Crippen LogP contribution in [0.2, 0.25) is 0 Å². The molecule has 2 atom stereocenters. The Morgan fingerprint density at radius 3 is 2.82 bits per heavy atom. The third-order valence-corrected chi connectivity index (χ3v) is 3.34. The van der Waals surface area contributed by atoms with E-state index in [4.69, 9.17) is 5.26 Å². The number of hydrogen-bond acceptors (Lipinski definition) is 3. The van der Waals surface area contributed by atoms with Gasteiger partial charge in [-0.25, -0.2) is 0 Å². The van der Waals surface area contributed by atoms with E-state index in [1.807, 2.05) is 18.7 Å². The molecule has 1 fully saturated rings. The summed E-state index contributed by atoms with van der Waals surface area (Å²) in [7, 11) is 0. The highest BCUT2D eigenvalue weighted by Gasteiger charge is 2.29. The first kappa shape index (κ1) is 14.0. The van der Waals surface area contributed by atoms with E-state index in [-0.39, 0.29) is 17.9 Å². The van der Waals surface area contributed by atoms with Gasteiger partial charge in [0, 0.05) is 24.5 Å². The Morgan fingerprint density at radius 1 is 1.59 bits per heavy atom. The molecule has 1 rings (SSSR count). The van der Waals surface area contributed by atoms with Gasteiger partial charge in [-0.05, 0) is 40.2 Å². The molecule has 0 bridgehead atoms. The van der Waals surface area contributed by atoms with Crippen molar-refractivity contribution in [2.45, 2.75) is 52.1 Å². The van der Waals surface area contributed by atoms with Crippen LogP contribution in [0.3, 0.4) is 0 Å². The number of nitrogens with zero attached hydrogens (tertiary/aromatic N) is 2. The minimum absolute atomic E-state index is 0.132. The zero-order chi connectivity index (χ0) is 12.8. The molecule has 4 heteroatoms. The Balaban J connectivity index is 2.60. The first-order chi connectivity index (χ1) is 8.06. The predicted octanol–water partition coefficient (Wildman–Crippen LogP) is 1.53. The van der Waals surface area contributed by atoms with Crippen LogP contribution in [-0.4, -0.2) is 36.0 Å². The summed E-state index contributed by atoms with van der Waals surface area (Å²) in [4.78, 5) is 14.2. The van der Waals surface area contributed by atoms with Crippen LogP contribution in [0.5, 0.6) is 0 Å². The lowest BCUT2D eigenvalue weighted by molar-refractivity contribution is -0.138. The molecule has 1 amide bonds. The second-order valence-electron chi connectivity index (χ2n) is 5.11. The van der Waals surface area contributed by atoms with Gasteiger partial charge in [0.2, 0.25) is 5.91 Å². The maximum atomic E-state index is 12.4. The van der Waals surface area contributed by atoms with Crippen LogP contribution in [-0.2, 0) is 4.79 Å². The zero-order valence-corrected chi connectivity index (χ0v) is 11.1. The Bertz CT molecular complexity index is 296. The number of carbonyl (C=O) groups excluding carboxylic acids is 1. The Kier molecular flexibility index (Phi) is 5.43. The van der Waals surface area contributed by atoms with E-state index in [9.17, 15) is 4.79 Å². The molecule has 0 saturated carbocycles. The van der Waals surface area contributed by atoms with Crippen LogP contribution in [0.4, 0.5) is 0 Å². The summed E-state index contributed by atoms with van der Waals surface area (Å²) in [6.45, 7) is 7.63. The topological polar surface area (TPSA) is 56.1 Å². The van der Waals surface area contributed by atoms with E-state index in [0.29, 0.717) is 19.0 Å². The van der Waals surface area contributed by atoms with Gasteiger partial charge in [0.15, 0.2) is 0 Å². The second kappa shape index (κ2) is 6.61. The molecule has 1 saturated heterocycles. The fourth-order valence-corrected chi connectivity index (χ4v) is 2.38. The number of nitriles is 1. The predicted molar refractivity (Wildman–Crippen MR) is 67.3 cm³/mol. The summed E-state index contributed by atoms with van der Waals surface area (Å²) in [5.41, 5.74) is 0. The average Bonchev–Trinajstić information content (AvgIpc) is 2.29. The lowest BCUT2D eigenvalue weighted by atomic mass is 9.91. The monoisotopic (exact) mass is 237 g/mol. The normalized spacial score (nSPS) is 24.4. The van der Waals surface area contributed by atoms with Gasteiger partial charge < -0.3 is 10.2 Å². The molecule has 4 nitrogen and oxygen atoms in total. The lowest BCUT2D eigenvalue weighted by Gasteiger charge is -2.34. The largest absolute Gasteiger partial charge is 0.339 e. The summed E-state index contributed by atoms with van der Waals surface area (Å²) in [6.07, 6.45) is 2.25. The SMILES string of the molecule is CC1CC(C(=O)N(CCC#N)C(C)C)CCN1. The molecule has 1 aliphatic heterocycles. The van der Waals surface area contributed by atoms with Gasteiger partial charge in [0.05, 0.1) is 12.5 Å². The van der Waals surface area contributed by atoms with Crippen molar-refractivity contribution >= 4 is 5.91 Å². The van der Waals surface area contributed by atoms with Crippen molar-refractivity contribution in [1.29, 1.82) is 5.26 Å². The van der Waals surface area contributed by atoms with Gasteiger partial charge >= 0.3 is 0 Å². The first-order valence-electron chi connectivity index (χ1n) is 6.47. The number of nitrogens with one attached hydrogen (secondary N) is 1. The smallest absolute Gasteiger partial charge is 0.226 e. The summed E-state index contributed by atoms with van der Waals surface area (Å²) in [5.74, 6) is 0.357. The van der Waals surface area contributed by atoms with Crippen LogP contribution in [0.1, 0.15) is 40.0 Å². The van der Waals surface area contributed by atoms with Crippen molar-refractivity contribution in [3.8, 4) is 6.07 Å². The standard InChI is InChI=1S/C13H23N3O/c1-10(2)16(8-4-6-14)13(17)12-5-7-15-11(3)9-12/h10-12,15H,4-5,7-9H2,1-3H3. The molecule has 2 unspecified atom stereocenters. The highest BCUT2D eigenvalue weighted by atomic mass is 16.2. The highest BCUT2D eigenvalue weighted by Crippen LogP contribution is 2.20. The summed E-state index contributed by atoms with van der Waals surface area (Å²) in [5, 5.41) is 12.0. The van der Waals surface area contributed by atoms with Crippen molar-refractivity contribution in [2.75, 3.05) is 13.1 Å². The molecule has 1 N–H and O–H groups in total. The molecular formula is C13H23N3O. The van der Waals surface area contributed by atoms with Crippen LogP contribution in [0, 0.1) is 17.2 Å². The van der Waals surface area contributed by atoms with Crippen molar-refractivity contribution in [2.24, 2.45) is 5.92 Å². The third kappa shape index (κ3) is 4.01. The molecule has 17 heavy (non-hydrogen) atoms. The van der Waals surface area contributed by atoms with Crippen LogP contribution < -0.4 is 5.32 Å². The molecule has 0 aromatic rings. The van der Waals surface area contributed by atoms with Crippen LogP contribution >= 0.6 is 0 Å². The minimum Gasteiger partial charge on any atom is -0.339 e. The van der Waals surface area contributed by atoms with Gasteiger partial charge in [-0.2, -0.15) is 5.26 Å². The van der Waals surface area contributed by atoms with Crippen LogP contribution in [0.15, 0.2) is 0 Å². The van der Waals surface area contributed by atoms with Gasteiger partial charge in [0.25, 0.3) is 0 Å². The third-order valence-electron chi connectivity index (χ3n) is 3.34. The van der Waals surface area contributed by atoms with Gasteiger partial charge in [-0.1, -0.05) is 0 Å². The van der Waals surface area contributed by atoms with Gasteiger partial charge in [-0.3, -0.25) is 4.79 Å². The van der Waals surface area contributed by atoms with Gasteiger partial charge in [-0.15, -0.1) is 0 Å². The van der Waals surface area contributed by atoms with E-state index in [0.717, 1.165) is 19.4 Å². The molecule has 1 heterocycles. The maximum Gasteiger partial charge on any atom is 0.226 e. The van der Waals surface area contributed by atoms with E-state index < -0.39 is 0 Å². The lowest BCUT2D eigenvalue weighted by Crippen LogP contribution is -2.46. The Morgan fingerprint density at radius 2 is 2.29 bits per heavy atom. The van der Waals surface area contributed by atoms with Crippen LogP contribution in [0.25, 0.3) is 0 Å². The second-order valence-corrected chi connectivity index (χ2v) is 5.11. The van der Waals surface area contributed by atoms with Crippen molar-refractivity contribution < 1.29 is 4.79 Å². The van der Waals surface area contributed by atoms with Crippen molar-refractivity contribution in [3.63, 3.8) is 0 Å². The van der Waals surface area contributed by atoms with E-state index in [2.05, 4.69) is 18.3 Å². The minimum atomic E-state index is 0.132. The Labute approximate surface area is 104 Å². The summed E-state index contributed by atoms with van der Waals surface area (Å²) < 4.78 is 0. The average molecular weight is 237 g/mol. The maximum absolute atomic E-state index is 12.4. The van der Waals surface area contributed by atoms with Crippen molar-refractivity contribution in [1.82, 2.24) is 10.2 Å². The van der Waals surface area contributed by atoms with E-state index in [1.54, 1.807) is 0 Å².